The van der Waals surface area contributed by atoms with Gasteiger partial charge in [0.15, 0.2) is 0 Å². The molecule has 0 aromatic rings. The van der Waals surface area contributed by atoms with Crippen molar-refractivity contribution >= 4 is 17.8 Å². The molecule has 7 heteroatoms. The van der Waals surface area contributed by atoms with Crippen molar-refractivity contribution in [2.45, 2.75) is 32.3 Å². The quantitative estimate of drug-likeness (QED) is 0.469. The first kappa shape index (κ1) is 19.1. The van der Waals surface area contributed by atoms with E-state index in [1.54, 1.807) is 13.8 Å². The van der Waals surface area contributed by atoms with Crippen molar-refractivity contribution < 1.29 is 28.6 Å². The summed E-state index contributed by atoms with van der Waals surface area (Å²) in [6, 6.07) is 0. The predicted molar refractivity (Wildman–Crippen MR) is 75.4 cm³/mol. The molecule has 0 spiro atoms. The van der Waals surface area contributed by atoms with Gasteiger partial charge in [0.05, 0.1) is 19.4 Å². The van der Waals surface area contributed by atoms with Gasteiger partial charge in [0, 0.05) is 19.7 Å². The maximum absolute atomic E-state index is 11.5. The largest absolute Gasteiger partial charge is 0.462 e. The van der Waals surface area contributed by atoms with Crippen molar-refractivity contribution in [1.82, 2.24) is 5.32 Å². The van der Waals surface area contributed by atoms with Crippen molar-refractivity contribution in [2.24, 2.45) is 0 Å². The summed E-state index contributed by atoms with van der Waals surface area (Å²) in [4.78, 5) is 33.7. The standard InChI is InChI=1S/C14H23NO6/c1-5-12(17)20-9-7-11(16)15-8-6-13(18)21-14(2,3)10-19-4/h5H,1,6-10H2,2-4H3,(H,15,16). The number of esters is 2. The maximum Gasteiger partial charge on any atom is 0.330 e. The Kier molecular flexibility index (Phi) is 9.03. The smallest absolute Gasteiger partial charge is 0.330 e. The van der Waals surface area contributed by atoms with Crippen molar-refractivity contribution in [1.29, 1.82) is 0 Å². The van der Waals surface area contributed by atoms with Gasteiger partial charge in [-0.15, -0.1) is 0 Å². The Morgan fingerprint density at radius 3 is 2.48 bits per heavy atom. The summed E-state index contributed by atoms with van der Waals surface area (Å²) < 4.78 is 14.8. The molecule has 0 saturated carbocycles. The molecule has 0 bridgehead atoms. The Morgan fingerprint density at radius 1 is 1.24 bits per heavy atom. The minimum absolute atomic E-state index is 0.0258. The van der Waals surface area contributed by atoms with E-state index in [-0.39, 0.29) is 31.9 Å². The maximum atomic E-state index is 11.5. The van der Waals surface area contributed by atoms with E-state index in [4.69, 9.17) is 9.47 Å². The number of carbonyl (C=O) groups excluding carboxylic acids is 3. The number of carbonyl (C=O) groups is 3. The Balaban J connectivity index is 3.78. The molecule has 0 aromatic carbocycles. The molecule has 21 heavy (non-hydrogen) atoms. The third-order valence-electron chi connectivity index (χ3n) is 2.27. The molecule has 120 valence electrons. The summed E-state index contributed by atoms with van der Waals surface area (Å²) in [5, 5.41) is 2.53. The van der Waals surface area contributed by atoms with Gasteiger partial charge < -0.3 is 19.5 Å². The van der Waals surface area contributed by atoms with Crippen molar-refractivity contribution in [3.63, 3.8) is 0 Å². The van der Waals surface area contributed by atoms with Gasteiger partial charge in [-0.3, -0.25) is 9.59 Å². The van der Waals surface area contributed by atoms with E-state index in [9.17, 15) is 14.4 Å². The number of methoxy groups -OCH3 is 1. The summed E-state index contributed by atoms with van der Waals surface area (Å²) in [5.41, 5.74) is -0.700. The van der Waals surface area contributed by atoms with Gasteiger partial charge in [-0.25, -0.2) is 4.79 Å². The molecule has 0 atom stereocenters. The van der Waals surface area contributed by atoms with Crippen LogP contribution in [-0.4, -0.2) is 50.3 Å². The fourth-order valence-corrected chi connectivity index (χ4v) is 1.43. The monoisotopic (exact) mass is 301 g/mol. The molecule has 1 N–H and O–H groups in total. The lowest BCUT2D eigenvalue weighted by atomic mass is 10.1. The predicted octanol–water partition coefficient (Wildman–Crippen LogP) is 0.580. The fraction of sp³-hybridized carbons (Fsp3) is 0.643. The summed E-state index contributed by atoms with van der Waals surface area (Å²) in [7, 11) is 1.52. The lowest BCUT2D eigenvalue weighted by Gasteiger charge is -2.24. The normalized spacial score (nSPS) is 10.6. The molecule has 0 aliphatic carbocycles. The average molecular weight is 301 g/mol. The molecule has 0 unspecified atom stereocenters. The topological polar surface area (TPSA) is 90.9 Å². The van der Waals surface area contributed by atoms with E-state index in [0.29, 0.717) is 6.61 Å². The molecule has 0 heterocycles. The molecule has 0 rings (SSSR count). The van der Waals surface area contributed by atoms with Crippen molar-refractivity contribution in [3.8, 4) is 0 Å². The van der Waals surface area contributed by atoms with E-state index >= 15 is 0 Å². The summed E-state index contributed by atoms with van der Waals surface area (Å²) in [5.74, 6) is -1.31. The minimum Gasteiger partial charge on any atom is -0.462 e. The first-order valence-electron chi connectivity index (χ1n) is 6.57. The van der Waals surface area contributed by atoms with Crippen molar-refractivity contribution in [2.75, 3.05) is 26.9 Å². The third-order valence-corrected chi connectivity index (χ3v) is 2.27. The van der Waals surface area contributed by atoms with Crippen LogP contribution in [-0.2, 0) is 28.6 Å². The molecule has 0 aliphatic rings. The van der Waals surface area contributed by atoms with Crippen LogP contribution in [0.3, 0.4) is 0 Å². The average Bonchev–Trinajstić information content (AvgIpc) is 2.37. The number of hydrogen-bond donors (Lipinski definition) is 1. The second kappa shape index (κ2) is 9.93. The number of rotatable bonds is 10. The van der Waals surface area contributed by atoms with Gasteiger partial charge >= 0.3 is 11.9 Å². The Morgan fingerprint density at radius 2 is 1.90 bits per heavy atom. The van der Waals surface area contributed by atoms with Crippen molar-refractivity contribution in [3.05, 3.63) is 12.7 Å². The van der Waals surface area contributed by atoms with E-state index in [1.165, 1.54) is 7.11 Å². The molecule has 0 saturated heterocycles. The highest BCUT2D eigenvalue weighted by atomic mass is 16.6. The zero-order chi connectivity index (χ0) is 16.3. The second-order valence-corrected chi connectivity index (χ2v) is 4.89. The Labute approximate surface area is 124 Å². The fourth-order valence-electron chi connectivity index (χ4n) is 1.43. The summed E-state index contributed by atoms with van der Waals surface area (Å²) >= 11 is 0. The first-order valence-corrected chi connectivity index (χ1v) is 6.57. The van der Waals surface area contributed by atoms with E-state index < -0.39 is 17.5 Å². The van der Waals surface area contributed by atoms with Crippen LogP contribution in [0.2, 0.25) is 0 Å². The molecule has 1 amide bonds. The number of amides is 1. The Hall–Kier alpha value is -1.89. The third kappa shape index (κ3) is 10.5. The summed E-state index contributed by atoms with van der Waals surface area (Å²) in [6.07, 6.45) is 1.12. The highest BCUT2D eigenvalue weighted by molar-refractivity contribution is 5.82. The molecule has 7 nitrogen and oxygen atoms in total. The van der Waals surface area contributed by atoms with E-state index in [2.05, 4.69) is 16.6 Å². The van der Waals surface area contributed by atoms with Crippen LogP contribution in [0, 0.1) is 0 Å². The van der Waals surface area contributed by atoms with E-state index in [1.807, 2.05) is 0 Å². The van der Waals surface area contributed by atoms with Gasteiger partial charge in [-0.2, -0.15) is 0 Å². The highest BCUT2D eigenvalue weighted by Gasteiger charge is 2.22. The molecular weight excluding hydrogens is 278 g/mol. The molecule has 0 fully saturated rings. The van der Waals surface area contributed by atoms with Crippen LogP contribution in [0.15, 0.2) is 12.7 Å². The molecular formula is C14H23NO6. The van der Waals surface area contributed by atoms with Crippen LogP contribution in [0.1, 0.15) is 26.7 Å². The number of nitrogens with one attached hydrogen (secondary N) is 1. The van der Waals surface area contributed by atoms with Gasteiger partial charge in [0.25, 0.3) is 0 Å². The molecule has 0 aromatic heterocycles. The lowest BCUT2D eigenvalue weighted by Crippen LogP contribution is -2.34. The van der Waals surface area contributed by atoms with Crippen LogP contribution < -0.4 is 5.32 Å². The molecule has 0 aliphatic heterocycles. The molecule has 0 radical (unpaired) electrons. The van der Waals surface area contributed by atoms with Crippen LogP contribution in [0.25, 0.3) is 0 Å². The lowest BCUT2D eigenvalue weighted by molar-refractivity contribution is -0.160. The number of hydrogen-bond acceptors (Lipinski definition) is 6. The van der Waals surface area contributed by atoms with Gasteiger partial charge in [-0.1, -0.05) is 6.58 Å². The van der Waals surface area contributed by atoms with Gasteiger partial charge in [0.1, 0.15) is 12.2 Å². The zero-order valence-corrected chi connectivity index (χ0v) is 12.8. The van der Waals surface area contributed by atoms with Gasteiger partial charge in [-0.05, 0) is 13.8 Å². The van der Waals surface area contributed by atoms with Crippen LogP contribution in [0.5, 0.6) is 0 Å². The van der Waals surface area contributed by atoms with Gasteiger partial charge in [0.2, 0.25) is 5.91 Å². The minimum atomic E-state index is -0.700. The van der Waals surface area contributed by atoms with Crippen LogP contribution in [0.4, 0.5) is 0 Å². The Bertz CT molecular complexity index is 378. The van der Waals surface area contributed by atoms with Crippen LogP contribution >= 0.6 is 0 Å². The SMILES string of the molecule is C=CC(=O)OCCC(=O)NCCC(=O)OC(C)(C)COC. The highest BCUT2D eigenvalue weighted by Crippen LogP contribution is 2.10. The zero-order valence-electron chi connectivity index (χ0n) is 12.8. The number of ether oxygens (including phenoxy) is 3. The van der Waals surface area contributed by atoms with E-state index in [0.717, 1.165) is 6.08 Å². The second-order valence-electron chi connectivity index (χ2n) is 4.89. The first-order chi connectivity index (χ1) is 9.80. The summed E-state index contributed by atoms with van der Waals surface area (Å²) in [6.45, 7) is 7.14.